The van der Waals surface area contributed by atoms with Crippen LogP contribution in [0, 0.1) is 5.41 Å². The van der Waals surface area contributed by atoms with Crippen LogP contribution < -0.4 is 5.32 Å². The van der Waals surface area contributed by atoms with Gasteiger partial charge in [0.15, 0.2) is 0 Å². The molecule has 3 aliphatic carbocycles. The van der Waals surface area contributed by atoms with Crippen molar-refractivity contribution in [3.63, 3.8) is 0 Å². The molecule has 25 heavy (non-hydrogen) atoms. The minimum Gasteiger partial charge on any atom is -0.443 e. The third-order valence-electron chi connectivity index (χ3n) is 5.81. The Morgan fingerprint density at radius 1 is 1.08 bits per heavy atom. The minimum absolute atomic E-state index is 0.265. The maximum Gasteiger partial charge on any atom is 0.408 e. The van der Waals surface area contributed by atoms with Gasteiger partial charge in [-0.05, 0) is 76.7 Å². The third kappa shape index (κ3) is 4.23. The number of hydrogen-bond donors (Lipinski definition) is 1. The second-order valence-electron chi connectivity index (χ2n) is 8.98. The molecule has 1 amide bonds. The van der Waals surface area contributed by atoms with Crippen molar-refractivity contribution in [2.24, 2.45) is 5.41 Å². The van der Waals surface area contributed by atoms with Crippen molar-refractivity contribution >= 4 is 12.4 Å². The molecule has 3 fully saturated rings. The van der Waals surface area contributed by atoms with E-state index in [1.54, 1.807) is 0 Å². The molecule has 0 atom stereocenters. The number of carbonyl (C=O) groups excluding carboxylic acids is 2. The Hall–Kier alpha value is -1.84. The summed E-state index contributed by atoms with van der Waals surface area (Å²) in [6.07, 6.45) is 7.83. The highest BCUT2D eigenvalue weighted by Crippen LogP contribution is 2.55. The second-order valence-corrected chi connectivity index (χ2v) is 8.98. The van der Waals surface area contributed by atoms with Crippen molar-refractivity contribution in [3.8, 4) is 0 Å². The molecule has 0 aromatic heterocycles. The molecule has 1 aromatic carbocycles. The monoisotopic (exact) mass is 343 g/mol. The van der Waals surface area contributed by atoms with E-state index in [1.807, 2.05) is 32.9 Å². The summed E-state index contributed by atoms with van der Waals surface area (Å²) in [4.78, 5) is 23.0. The van der Waals surface area contributed by atoms with E-state index in [1.165, 1.54) is 5.56 Å². The summed E-state index contributed by atoms with van der Waals surface area (Å²) in [6.45, 7) is 5.90. The van der Waals surface area contributed by atoms with Crippen LogP contribution in [0.15, 0.2) is 24.3 Å². The van der Waals surface area contributed by atoms with E-state index in [-0.39, 0.29) is 17.2 Å². The Morgan fingerprint density at radius 3 is 2.12 bits per heavy atom. The molecular weight excluding hydrogens is 314 g/mol. The van der Waals surface area contributed by atoms with E-state index in [9.17, 15) is 9.59 Å². The first-order chi connectivity index (χ1) is 11.7. The lowest BCUT2D eigenvalue weighted by molar-refractivity contribution is -0.0981. The van der Waals surface area contributed by atoms with E-state index in [2.05, 4.69) is 17.4 Å². The fraction of sp³-hybridized carbons (Fsp3) is 0.619. The zero-order valence-corrected chi connectivity index (χ0v) is 15.6. The molecule has 4 heteroatoms. The number of rotatable bonds is 4. The van der Waals surface area contributed by atoms with Crippen molar-refractivity contribution in [1.82, 2.24) is 5.32 Å². The van der Waals surface area contributed by atoms with Crippen LogP contribution in [0.5, 0.6) is 0 Å². The van der Waals surface area contributed by atoms with Gasteiger partial charge in [0.25, 0.3) is 0 Å². The number of carbonyl (C=O) groups is 2. The summed E-state index contributed by atoms with van der Waals surface area (Å²) in [5.74, 6) is 0. The number of fused-ring (bicyclic) bond motifs is 3. The lowest BCUT2D eigenvalue weighted by atomic mass is 9.57. The number of amides is 1. The minimum atomic E-state index is -0.286. The predicted molar refractivity (Wildman–Crippen MR) is 97.8 cm³/mol. The third-order valence-corrected chi connectivity index (χ3v) is 5.81. The van der Waals surface area contributed by atoms with E-state index in [0.29, 0.717) is 5.41 Å². The maximum atomic E-state index is 12.2. The highest BCUT2D eigenvalue weighted by atomic mass is 16.6. The molecule has 0 saturated heterocycles. The van der Waals surface area contributed by atoms with Crippen LogP contribution in [0.25, 0.3) is 0 Å². The SMILES string of the molecule is CC(C)(C)NC(=O)OC12CCC(Cc3ccc(C=O)cc3)(CC1)CC2. The molecule has 2 bridgehead atoms. The Labute approximate surface area is 150 Å². The molecular formula is C21H29NO3. The van der Waals surface area contributed by atoms with Crippen LogP contribution in [-0.4, -0.2) is 23.5 Å². The molecule has 1 N–H and O–H groups in total. The molecule has 0 spiro atoms. The summed E-state index contributed by atoms with van der Waals surface area (Å²) in [5, 5.41) is 2.91. The summed E-state index contributed by atoms with van der Waals surface area (Å²) in [6, 6.07) is 7.94. The Bertz CT molecular complexity index is 618. The van der Waals surface area contributed by atoms with Gasteiger partial charge in [-0.25, -0.2) is 4.79 Å². The molecule has 0 unspecified atom stereocenters. The van der Waals surface area contributed by atoms with Crippen LogP contribution in [0.3, 0.4) is 0 Å². The van der Waals surface area contributed by atoms with Gasteiger partial charge in [-0.3, -0.25) is 4.79 Å². The molecule has 0 heterocycles. The summed E-state index contributed by atoms with van der Waals surface area (Å²) in [5.41, 5.74) is 1.82. The lowest BCUT2D eigenvalue weighted by Gasteiger charge is -2.52. The second kappa shape index (κ2) is 6.47. The molecule has 4 nitrogen and oxygen atoms in total. The molecule has 136 valence electrons. The Kier molecular flexibility index (Phi) is 4.65. The predicted octanol–water partition coefficient (Wildman–Crippen LogP) is 4.66. The van der Waals surface area contributed by atoms with Gasteiger partial charge in [0, 0.05) is 11.1 Å². The van der Waals surface area contributed by atoms with Crippen molar-refractivity contribution in [2.45, 2.75) is 76.9 Å². The van der Waals surface area contributed by atoms with E-state index < -0.39 is 0 Å². The van der Waals surface area contributed by atoms with E-state index in [4.69, 9.17) is 4.74 Å². The van der Waals surface area contributed by atoms with Crippen molar-refractivity contribution < 1.29 is 14.3 Å². The number of nitrogens with one attached hydrogen (secondary N) is 1. The topological polar surface area (TPSA) is 55.4 Å². The van der Waals surface area contributed by atoms with Gasteiger partial charge in [0.05, 0.1) is 0 Å². The molecule has 0 radical (unpaired) electrons. The van der Waals surface area contributed by atoms with Gasteiger partial charge in [-0.1, -0.05) is 24.3 Å². The normalized spacial score (nSPS) is 28.4. The molecule has 4 rings (SSSR count). The van der Waals surface area contributed by atoms with Crippen LogP contribution in [0.2, 0.25) is 0 Å². The van der Waals surface area contributed by atoms with Gasteiger partial charge >= 0.3 is 6.09 Å². The Balaban J connectivity index is 1.60. The number of benzene rings is 1. The summed E-state index contributed by atoms with van der Waals surface area (Å²) >= 11 is 0. The average Bonchev–Trinajstić information content (AvgIpc) is 2.55. The standard InChI is InChI=1S/C21H29NO3/c1-19(2,3)22-18(24)25-21-11-8-20(9-12-21,10-13-21)14-16-4-6-17(15-23)7-5-16/h4-7,15H,8-14H2,1-3H3,(H,22,24). The number of alkyl carbamates (subject to hydrolysis) is 1. The summed E-state index contributed by atoms with van der Waals surface area (Å²) in [7, 11) is 0. The van der Waals surface area contributed by atoms with Gasteiger partial charge in [0.1, 0.15) is 11.9 Å². The largest absolute Gasteiger partial charge is 0.443 e. The molecule has 0 aliphatic heterocycles. The quantitative estimate of drug-likeness (QED) is 0.809. The summed E-state index contributed by atoms with van der Waals surface area (Å²) < 4.78 is 5.88. The van der Waals surface area contributed by atoms with Gasteiger partial charge in [0.2, 0.25) is 0 Å². The molecule has 3 aliphatic rings. The first kappa shape index (κ1) is 18.0. The van der Waals surface area contributed by atoms with Gasteiger partial charge in [-0.15, -0.1) is 0 Å². The number of aldehydes is 1. The van der Waals surface area contributed by atoms with Crippen LogP contribution in [-0.2, 0) is 11.2 Å². The maximum absolute atomic E-state index is 12.2. The van der Waals surface area contributed by atoms with Crippen LogP contribution in [0.4, 0.5) is 4.79 Å². The lowest BCUT2D eigenvalue weighted by Crippen LogP contribution is -2.52. The smallest absolute Gasteiger partial charge is 0.408 e. The van der Waals surface area contributed by atoms with Crippen LogP contribution in [0.1, 0.15) is 75.2 Å². The highest BCUT2D eigenvalue weighted by Gasteiger charge is 2.50. The Morgan fingerprint density at radius 2 is 1.64 bits per heavy atom. The zero-order valence-electron chi connectivity index (χ0n) is 15.6. The molecule has 1 aromatic rings. The fourth-order valence-electron chi connectivity index (χ4n) is 4.32. The molecule has 3 saturated carbocycles. The van der Waals surface area contributed by atoms with Crippen molar-refractivity contribution in [2.75, 3.05) is 0 Å². The van der Waals surface area contributed by atoms with E-state index >= 15 is 0 Å². The van der Waals surface area contributed by atoms with Gasteiger partial charge < -0.3 is 10.1 Å². The fourth-order valence-corrected chi connectivity index (χ4v) is 4.32. The zero-order chi connectivity index (χ0) is 18.1. The van der Waals surface area contributed by atoms with E-state index in [0.717, 1.165) is 56.8 Å². The van der Waals surface area contributed by atoms with Gasteiger partial charge in [-0.2, -0.15) is 0 Å². The average molecular weight is 343 g/mol. The first-order valence-corrected chi connectivity index (χ1v) is 9.29. The highest BCUT2D eigenvalue weighted by molar-refractivity contribution is 5.74. The van der Waals surface area contributed by atoms with Crippen LogP contribution >= 0.6 is 0 Å². The first-order valence-electron chi connectivity index (χ1n) is 9.29. The van der Waals surface area contributed by atoms with Crippen molar-refractivity contribution in [1.29, 1.82) is 0 Å². The number of ether oxygens (including phenoxy) is 1. The van der Waals surface area contributed by atoms with Crippen molar-refractivity contribution in [3.05, 3.63) is 35.4 Å². The number of hydrogen-bond acceptors (Lipinski definition) is 3.